The quantitative estimate of drug-likeness (QED) is 0.582. The molecule has 0 spiro atoms. The van der Waals surface area contributed by atoms with E-state index in [-0.39, 0.29) is 0 Å². The zero-order valence-electron chi connectivity index (χ0n) is 4.56. The summed E-state index contributed by atoms with van der Waals surface area (Å²) >= 11 is 0. The smallest absolute Gasteiger partial charge is 0.241 e. The van der Waals surface area contributed by atoms with Crippen LogP contribution < -0.4 is 5.14 Å². The Kier molecular flexibility index (Phi) is 1.30. The molecule has 0 fully saturated rings. The summed E-state index contributed by atoms with van der Waals surface area (Å²) in [4.78, 5) is 0. The van der Waals surface area contributed by atoms with Crippen molar-refractivity contribution in [3.63, 3.8) is 0 Å². The number of nitrogens with zero attached hydrogens (tertiary/aromatic N) is 1. The fourth-order valence-corrected chi connectivity index (χ4v) is 0.968. The molecular formula is C4H6N2O2S. The highest BCUT2D eigenvalue weighted by atomic mass is 32.2. The summed E-state index contributed by atoms with van der Waals surface area (Å²) in [6, 6.07) is 3.18. The maximum Gasteiger partial charge on any atom is 0.302 e. The molecular weight excluding hydrogens is 140 g/mol. The first-order valence-corrected chi connectivity index (χ1v) is 3.77. The minimum Gasteiger partial charge on any atom is -0.241 e. The zero-order valence-corrected chi connectivity index (χ0v) is 5.38. The number of nitrogens with two attached hydrogens (primary N) is 1. The van der Waals surface area contributed by atoms with E-state index in [0.717, 1.165) is 3.97 Å². The van der Waals surface area contributed by atoms with E-state index in [0.29, 0.717) is 0 Å². The highest BCUT2D eigenvalue weighted by molar-refractivity contribution is 7.87. The van der Waals surface area contributed by atoms with Gasteiger partial charge >= 0.3 is 10.2 Å². The molecule has 9 heavy (non-hydrogen) atoms. The van der Waals surface area contributed by atoms with Gasteiger partial charge in [-0.15, -0.1) is 0 Å². The molecule has 0 unspecified atom stereocenters. The Bertz CT molecular complexity index is 274. The van der Waals surface area contributed by atoms with Crippen LogP contribution in [0, 0.1) is 0 Å². The van der Waals surface area contributed by atoms with Crippen molar-refractivity contribution in [2.24, 2.45) is 5.14 Å². The minimum atomic E-state index is -3.54. The maximum absolute atomic E-state index is 10.4. The molecule has 1 rings (SSSR count). The molecule has 50 valence electrons. The second kappa shape index (κ2) is 1.85. The molecule has 0 atom stereocenters. The minimum absolute atomic E-state index is 0.938. The molecule has 2 N–H and O–H groups in total. The van der Waals surface area contributed by atoms with Gasteiger partial charge in [0, 0.05) is 12.4 Å². The van der Waals surface area contributed by atoms with Gasteiger partial charge in [-0.2, -0.15) is 8.42 Å². The van der Waals surface area contributed by atoms with Gasteiger partial charge in [-0.05, 0) is 12.1 Å². The Hall–Kier alpha value is -0.810. The van der Waals surface area contributed by atoms with Crippen LogP contribution in [0.4, 0.5) is 0 Å². The lowest BCUT2D eigenvalue weighted by Gasteiger charge is -1.94. The third-order valence-corrected chi connectivity index (χ3v) is 1.70. The van der Waals surface area contributed by atoms with Gasteiger partial charge in [0.2, 0.25) is 0 Å². The standard InChI is InChI=1S/C4H6N2O2S/c5-9(7,8)6-3-1-2-4-6/h1-4H,(H2,5,7,8). The van der Waals surface area contributed by atoms with Crippen LogP contribution >= 0.6 is 0 Å². The van der Waals surface area contributed by atoms with E-state index in [9.17, 15) is 8.42 Å². The Labute approximate surface area is 53.1 Å². The maximum atomic E-state index is 10.4. The van der Waals surface area contributed by atoms with Crippen molar-refractivity contribution >= 4 is 10.2 Å². The molecule has 1 aromatic heterocycles. The second-order valence-corrected chi connectivity index (χ2v) is 3.01. The van der Waals surface area contributed by atoms with E-state index in [1.54, 1.807) is 12.1 Å². The van der Waals surface area contributed by atoms with Crippen molar-refractivity contribution in [1.29, 1.82) is 0 Å². The highest BCUT2D eigenvalue weighted by Gasteiger charge is 1.99. The molecule has 1 aromatic rings. The number of aromatic nitrogens is 1. The molecule has 0 amide bonds. The third kappa shape index (κ3) is 1.30. The largest absolute Gasteiger partial charge is 0.302 e. The van der Waals surface area contributed by atoms with E-state index >= 15 is 0 Å². The molecule has 0 aliphatic rings. The van der Waals surface area contributed by atoms with E-state index in [1.165, 1.54) is 12.4 Å². The topological polar surface area (TPSA) is 65.1 Å². The Morgan fingerprint density at radius 3 is 1.89 bits per heavy atom. The van der Waals surface area contributed by atoms with E-state index in [2.05, 4.69) is 0 Å². The predicted octanol–water partition coefficient (Wildman–Crippen LogP) is -0.460. The molecule has 0 saturated heterocycles. The molecule has 0 aliphatic carbocycles. The van der Waals surface area contributed by atoms with Crippen molar-refractivity contribution in [2.45, 2.75) is 0 Å². The second-order valence-electron chi connectivity index (χ2n) is 1.56. The van der Waals surface area contributed by atoms with Gasteiger partial charge in [0.1, 0.15) is 0 Å². The van der Waals surface area contributed by atoms with Crippen molar-refractivity contribution in [3.05, 3.63) is 24.5 Å². The molecule has 4 nitrogen and oxygen atoms in total. The average molecular weight is 146 g/mol. The van der Waals surface area contributed by atoms with Crippen molar-refractivity contribution in [2.75, 3.05) is 0 Å². The van der Waals surface area contributed by atoms with Gasteiger partial charge in [0.05, 0.1) is 0 Å². The zero-order chi connectivity index (χ0) is 6.91. The summed E-state index contributed by atoms with van der Waals surface area (Å²) in [5.41, 5.74) is 0. The average Bonchev–Trinajstić information content (AvgIpc) is 2.08. The predicted molar refractivity (Wildman–Crippen MR) is 32.9 cm³/mol. The van der Waals surface area contributed by atoms with Gasteiger partial charge in [0.15, 0.2) is 0 Å². The van der Waals surface area contributed by atoms with E-state index in [4.69, 9.17) is 5.14 Å². The molecule has 5 heteroatoms. The van der Waals surface area contributed by atoms with Crippen LogP contribution in [-0.2, 0) is 10.2 Å². The molecule has 0 bridgehead atoms. The Balaban J connectivity index is 3.20. The van der Waals surface area contributed by atoms with Crippen molar-refractivity contribution < 1.29 is 8.42 Å². The van der Waals surface area contributed by atoms with Crippen LogP contribution in [0.15, 0.2) is 24.5 Å². The fraction of sp³-hybridized carbons (Fsp3) is 0. The summed E-state index contributed by atoms with van der Waals surface area (Å²) in [6.45, 7) is 0. The van der Waals surface area contributed by atoms with Crippen LogP contribution in [-0.4, -0.2) is 12.4 Å². The van der Waals surface area contributed by atoms with Gasteiger partial charge in [-0.1, -0.05) is 0 Å². The Morgan fingerprint density at radius 1 is 1.22 bits per heavy atom. The summed E-state index contributed by atoms with van der Waals surface area (Å²) in [7, 11) is -3.54. The number of rotatable bonds is 1. The van der Waals surface area contributed by atoms with Crippen LogP contribution in [0.25, 0.3) is 0 Å². The van der Waals surface area contributed by atoms with Crippen molar-refractivity contribution in [3.8, 4) is 0 Å². The molecule has 0 radical (unpaired) electrons. The van der Waals surface area contributed by atoms with Gasteiger partial charge < -0.3 is 0 Å². The van der Waals surface area contributed by atoms with Gasteiger partial charge in [0.25, 0.3) is 0 Å². The lowest BCUT2D eigenvalue weighted by molar-refractivity contribution is 0.589. The SMILES string of the molecule is NS(=O)(=O)n1cccc1. The Morgan fingerprint density at radius 2 is 1.67 bits per heavy atom. The fourth-order valence-electron chi connectivity index (χ4n) is 0.488. The van der Waals surface area contributed by atoms with E-state index < -0.39 is 10.2 Å². The summed E-state index contributed by atoms with van der Waals surface area (Å²) in [6.07, 6.45) is 2.74. The summed E-state index contributed by atoms with van der Waals surface area (Å²) < 4.78 is 21.8. The molecule has 0 aromatic carbocycles. The van der Waals surface area contributed by atoms with Crippen LogP contribution in [0.2, 0.25) is 0 Å². The molecule has 0 aliphatic heterocycles. The lowest BCUT2D eigenvalue weighted by Crippen LogP contribution is -2.19. The third-order valence-electron chi connectivity index (χ3n) is 0.871. The number of hydrogen-bond donors (Lipinski definition) is 1. The van der Waals surface area contributed by atoms with Crippen LogP contribution in [0.1, 0.15) is 0 Å². The normalized spacial score (nSPS) is 11.7. The number of hydrogen-bond acceptors (Lipinski definition) is 2. The summed E-state index contributed by atoms with van der Waals surface area (Å²) in [5, 5.41) is 4.74. The highest BCUT2D eigenvalue weighted by Crippen LogP contribution is 1.90. The molecule has 1 heterocycles. The molecule has 0 saturated carbocycles. The van der Waals surface area contributed by atoms with Gasteiger partial charge in [-0.3, -0.25) is 0 Å². The van der Waals surface area contributed by atoms with Gasteiger partial charge in [-0.25, -0.2) is 9.11 Å². The van der Waals surface area contributed by atoms with Crippen molar-refractivity contribution in [1.82, 2.24) is 3.97 Å². The van der Waals surface area contributed by atoms with Crippen LogP contribution in [0.3, 0.4) is 0 Å². The summed E-state index contributed by atoms with van der Waals surface area (Å²) in [5.74, 6) is 0. The lowest BCUT2D eigenvalue weighted by atomic mass is 10.7. The van der Waals surface area contributed by atoms with E-state index in [1.807, 2.05) is 0 Å². The first kappa shape index (κ1) is 6.31. The first-order chi connectivity index (χ1) is 4.11. The van der Waals surface area contributed by atoms with Crippen LogP contribution in [0.5, 0.6) is 0 Å². The monoisotopic (exact) mass is 146 g/mol. The first-order valence-electron chi connectivity index (χ1n) is 2.27.